The number of rotatable bonds is 5. The lowest BCUT2D eigenvalue weighted by atomic mass is 10.1. The molecule has 0 amide bonds. The van der Waals surface area contributed by atoms with Crippen LogP contribution in [0.3, 0.4) is 0 Å². The van der Waals surface area contributed by atoms with E-state index in [9.17, 15) is 4.79 Å². The van der Waals surface area contributed by atoms with Crippen molar-refractivity contribution in [2.24, 2.45) is 5.73 Å². The molecule has 17 heavy (non-hydrogen) atoms. The molecule has 1 unspecified atom stereocenters. The third-order valence-corrected chi connectivity index (χ3v) is 2.28. The predicted octanol–water partition coefficient (Wildman–Crippen LogP) is 3.30. The maximum Gasteiger partial charge on any atom is 0.335 e. The van der Waals surface area contributed by atoms with E-state index in [1.807, 2.05) is 0 Å². The molecular formula is C14H23NO2. The van der Waals surface area contributed by atoms with Gasteiger partial charge in [-0.1, -0.05) is 44.4 Å². The van der Waals surface area contributed by atoms with Crippen molar-refractivity contribution in [1.82, 2.24) is 0 Å². The van der Waals surface area contributed by atoms with Gasteiger partial charge in [0.15, 0.2) is 0 Å². The molecular weight excluding hydrogens is 214 g/mol. The highest BCUT2D eigenvalue weighted by Gasteiger charge is 1.96. The van der Waals surface area contributed by atoms with Crippen molar-refractivity contribution in [3.8, 4) is 0 Å². The van der Waals surface area contributed by atoms with Gasteiger partial charge in [-0.2, -0.15) is 0 Å². The number of hydrogen-bond acceptors (Lipinski definition) is 2. The molecule has 0 aromatic heterocycles. The van der Waals surface area contributed by atoms with E-state index >= 15 is 0 Å². The minimum Gasteiger partial charge on any atom is -0.478 e. The first-order chi connectivity index (χ1) is 8.07. The van der Waals surface area contributed by atoms with Gasteiger partial charge in [-0.3, -0.25) is 0 Å². The number of carbonyl (C=O) groups is 1. The van der Waals surface area contributed by atoms with Crippen LogP contribution in [0.25, 0.3) is 0 Å². The Labute approximate surface area is 104 Å². The summed E-state index contributed by atoms with van der Waals surface area (Å²) in [5, 5.41) is 8.38. The lowest BCUT2D eigenvalue weighted by molar-refractivity contribution is 0.0697. The molecule has 1 rings (SSSR count). The normalized spacial score (nSPS) is 11.2. The van der Waals surface area contributed by atoms with E-state index in [0.29, 0.717) is 11.6 Å². The summed E-state index contributed by atoms with van der Waals surface area (Å²) >= 11 is 0. The Morgan fingerprint density at radius 1 is 1.29 bits per heavy atom. The van der Waals surface area contributed by atoms with Gasteiger partial charge in [0.25, 0.3) is 0 Å². The molecule has 3 N–H and O–H groups in total. The van der Waals surface area contributed by atoms with Crippen molar-refractivity contribution in [3.63, 3.8) is 0 Å². The summed E-state index contributed by atoms with van der Waals surface area (Å²) in [7, 11) is 0. The Morgan fingerprint density at radius 2 is 1.88 bits per heavy atom. The third kappa shape index (κ3) is 9.57. The lowest BCUT2D eigenvalue weighted by Gasteiger charge is -2.01. The molecule has 0 saturated carbocycles. The first-order valence-electron chi connectivity index (χ1n) is 6.11. The van der Waals surface area contributed by atoms with E-state index in [1.165, 1.54) is 25.7 Å². The number of nitrogens with two attached hydrogens (primary N) is 1. The molecule has 1 aromatic carbocycles. The number of carboxylic acid groups (broad SMARTS) is 1. The fraction of sp³-hybridized carbons (Fsp3) is 0.500. The van der Waals surface area contributed by atoms with Crippen LogP contribution >= 0.6 is 0 Å². The summed E-state index contributed by atoms with van der Waals surface area (Å²) in [5.41, 5.74) is 5.86. The molecule has 96 valence electrons. The largest absolute Gasteiger partial charge is 0.478 e. The smallest absolute Gasteiger partial charge is 0.335 e. The molecule has 3 nitrogen and oxygen atoms in total. The van der Waals surface area contributed by atoms with Crippen molar-refractivity contribution < 1.29 is 9.90 Å². The Hall–Kier alpha value is -1.35. The van der Waals surface area contributed by atoms with Crippen LogP contribution in [0.4, 0.5) is 0 Å². The van der Waals surface area contributed by atoms with Gasteiger partial charge in [0.2, 0.25) is 0 Å². The first-order valence-corrected chi connectivity index (χ1v) is 6.11. The molecule has 0 aliphatic carbocycles. The van der Waals surface area contributed by atoms with Gasteiger partial charge in [0.1, 0.15) is 0 Å². The minimum atomic E-state index is -0.879. The highest BCUT2D eigenvalue weighted by Crippen LogP contribution is 2.00. The molecule has 0 aliphatic rings. The van der Waals surface area contributed by atoms with E-state index in [4.69, 9.17) is 10.8 Å². The second-order valence-corrected chi connectivity index (χ2v) is 4.14. The van der Waals surface area contributed by atoms with Crippen LogP contribution < -0.4 is 5.73 Å². The topological polar surface area (TPSA) is 63.3 Å². The van der Waals surface area contributed by atoms with Crippen molar-refractivity contribution in [3.05, 3.63) is 35.9 Å². The monoisotopic (exact) mass is 237 g/mol. The molecule has 0 fully saturated rings. The van der Waals surface area contributed by atoms with Crippen LogP contribution in [0.1, 0.15) is 49.9 Å². The lowest BCUT2D eigenvalue weighted by Crippen LogP contribution is -2.13. The van der Waals surface area contributed by atoms with Gasteiger partial charge in [0.05, 0.1) is 5.56 Å². The number of unbranched alkanes of at least 4 members (excludes halogenated alkanes) is 2. The summed E-state index contributed by atoms with van der Waals surface area (Å²) in [6.07, 6.45) is 5.12. The van der Waals surface area contributed by atoms with Gasteiger partial charge in [-0.25, -0.2) is 4.79 Å². The van der Waals surface area contributed by atoms with Crippen LogP contribution in [0.5, 0.6) is 0 Å². The van der Waals surface area contributed by atoms with Gasteiger partial charge in [-0.05, 0) is 25.5 Å². The molecule has 3 heteroatoms. The Kier molecular flexibility index (Phi) is 9.06. The molecule has 1 atom stereocenters. The molecule has 1 aromatic rings. The van der Waals surface area contributed by atoms with Gasteiger partial charge < -0.3 is 10.8 Å². The van der Waals surface area contributed by atoms with E-state index in [2.05, 4.69) is 13.8 Å². The van der Waals surface area contributed by atoms with E-state index in [0.717, 1.165) is 0 Å². The van der Waals surface area contributed by atoms with Crippen LogP contribution in [-0.2, 0) is 0 Å². The van der Waals surface area contributed by atoms with E-state index < -0.39 is 5.97 Å². The maximum atomic E-state index is 10.2. The molecule has 0 heterocycles. The second kappa shape index (κ2) is 9.85. The second-order valence-electron chi connectivity index (χ2n) is 4.14. The van der Waals surface area contributed by atoms with Crippen LogP contribution in [0, 0.1) is 0 Å². The average Bonchev–Trinajstić information content (AvgIpc) is 2.31. The quantitative estimate of drug-likeness (QED) is 0.772. The van der Waals surface area contributed by atoms with Crippen LogP contribution in [0.2, 0.25) is 0 Å². The number of carboxylic acids is 1. The minimum absolute atomic E-state index is 0.331. The zero-order chi connectivity index (χ0) is 13.1. The summed E-state index contributed by atoms with van der Waals surface area (Å²) in [5.74, 6) is -0.879. The number of benzene rings is 1. The molecule has 0 saturated heterocycles. The summed E-state index contributed by atoms with van der Waals surface area (Å²) in [4.78, 5) is 10.2. The van der Waals surface area contributed by atoms with Gasteiger partial charge >= 0.3 is 5.97 Å². The Morgan fingerprint density at radius 3 is 2.24 bits per heavy atom. The zero-order valence-electron chi connectivity index (χ0n) is 10.7. The fourth-order valence-corrected chi connectivity index (χ4v) is 1.30. The van der Waals surface area contributed by atoms with Gasteiger partial charge in [0, 0.05) is 6.04 Å². The van der Waals surface area contributed by atoms with Gasteiger partial charge in [-0.15, -0.1) is 0 Å². The van der Waals surface area contributed by atoms with Crippen LogP contribution in [0.15, 0.2) is 30.3 Å². The molecule has 0 aliphatic heterocycles. The van der Waals surface area contributed by atoms with Crippen molar-refractivity contribution >= 4 is 5.97 Å². The van der Waals surface area contributed by atoms with Crippen LogP contribution in [-0.4, -0.2) is 17.1 Å². The highest BCUT2D eigenvalue weighted by atomic mass is 16.4. The van der Waals surface area contributed by atoms with Crippen molar-refractivity contribution in [2.75, 3.05) is 0 Å². The molecule has 0 bridgehead atoms. The first kappa shape index (κ1) is 15.7. The summed E-state index contributed by atoms with van der Waals surface area (Å²) in [6.45, 7) is 4.27. The predicted molar refractivity (Wildman–Crippen MR) is 71.2 cm³/mol. The number of hydrogen-bond donors (Lipinski definition) is 2. The molecule has 0 radical (unpaired) electrons. The van der Waals surface area contributed by atoms with Crippen molar-refractivity contribution in [2.45, 2.75) is 45.6 Å². The van der Waals surface area contributed by atoms with E-state index in [1.54, 1.807) is 30.3 Å². The summed E-state index contributed by atoms with van der Waals surface area (Å²) < 4.78 is 0. The standard InChI is InChI=1S/C7H17N.C7H6O2/c1-3-4-5-6-7(2)8;8-7(9)6-4-2-1-3-5-6/h7H,3-6,8H2,1-2H3;1-5H,(H,8,9). The third-order valence-electron chi connectivity index (χ3n) is 2.28. The Balaban J connectivity index is 0.000000304. The SMILES string of the molecule is CCCCCC(C)N.O=C(O)c1ccccc1. The maximum absolute atomic E-state index is 10.2. The molecule has 0 spiro atoms. The van der Waals surface area contributed by atoms with E-state index in [-0.39, 0.29) is 0 Å². The summed E-state index contributed by atoms with van der Waals surface area (Å²) in [6, 6.07) is 8.70. The number of aromatic carboxylic acids is 1. The highest BCUT2D eigenvalue weighted by molar-refractivity contribution is 5.87. The van der Waals surface area contributed by atoms with Crippen molar-refractivity contribution in [1.29, 1.82) is 0 Å². The average molecular weight is 237 g/mol. The zero-order valence-corrected chi connectivity index (χ0v) is 10.7. The fourth-order valence-electron chi connectivity index (χ4n) is 1.30. The Bertz CT molecular complexity index is 296.